The molecular weight excluding hydrogens is 317 g/mol. The highest BCUT2D eigenvalue weighted by molar-refractivity contribution is 5.87. The lowest BCUT2D eigenvalue weighted by molar-refractivity contribution is -0.384. The van der Waals surface area contributed by atoms with Gasteiger partial charge in [-0.15, -0.1) is 0 Å². The number of carbonyl (C=O) groups is 1. The number of rotatable bonds is 6. The molecule has 24 heavy (non-hydrogen) atoms. The fraction of sp³-hybridized carbons (Fsp3) is 0.118. The summed E-state index contributed by atoms with van der Waals surface area (Å²) in [5, 5.41) is 10.6. The molecule has 0 unspecified atom stereocenters. The Kier molecular flexibility index (Phi) is 5.62. The fourth-order valence-corrected chi connectivity index (χ4v) is 1.93. The average Bonchev–Trinajstić information content (AvgIpc) is 2.58. The van der Waals surface area contributed by atoms with Crippen molar-refractivity contribution in [2.75, 3.05) is 7.11 Å². The van der Waals surface area contributed by atoms with Crippen LogP contribution in [0.3, 0.4) is 0 Å². The van der Waals surface area contributed by atoms with E-state index < -0.39 is 16.7 Å². The minimum absolute atomic E-state index is 0.0343. The molecule has 0 aliphatic heterocycles. The van der Waals surface area contributed by atoms with Gasteiger partial charge in [0.25, 0.3) is 5.69 Å². The second-order valence-corrected chi connectivity index (χ2v) is 4.75. The lowest BCUT2D eigenvalue weighted by Gasteiger charge is -2.08. The van der Waals surface area contributed by atoms with Gasteiger partial charge in [0, 0.05) is 23.8 Å². The molecule has 0 aliphatic rings. The van der Waals surface area contributed by atoms with E-state index in [0.717, 1.165) is 0 Å². The first-order valence-electron chi connectivity index (χ1n) is 6.91. The van der Waals surface area contributed by atoms with Crippen LogP contribution in [0.15, 0.2) is 48.5 Å². The quantitative estimate of drug-likeness (QED) is 0.350. The first kappa shape index (κ1) is 17.1. The van der Waals surface area contributed by atoms with Crippen molar-refractivity contribution in [3.63, 3.8) is 0 Å². The molecule has 0 saturated carbocycles. The monoisotopic (exact) mass is 331 g/mol. The lowest BCUT2D eigenvalue weighted by atomic mass is 10.2. The number of methoxy groups -OCH3 is 1. The third kappa shape index (κ3) is 4.64. The van der Waals surface area contributed by atoms with Crippen molar-refractivity contribution in [2.45, 2.75) is 6.61 Å². The van der Waals surface area contributed by atoms with Crippen LogP contribution in [-0.4, -0.2) is 18.0 Å². The van der Waals surface area contributed by atoms with Crippen LogP contribution in [0.1, 0.15) is 11.1 Å². The van der Waals surface area contributed by atoms with Gasteiger partial charge in [-0.3, -0.25) is 10.1 Å². The molecule has 124 valence electrons. The molecule has 6 nitrogen and oxygen atoms in total. The van der Waals surface area contributed by atoms with Gasteiger partial charge in [-0.25, -0.2) is 9.18 Å². The number of esters is 1. The number of nitro benzene ring substituents is 1. The molecule has 0 heterocycles. The maximum Gasteiger partial charge on any atom is 0.331 e. The number of non-ortho nitro benzene ring substituents is 1. The molecule has 0 atom stereocenters. The number of hydrogen-bond donors (Lipinski definition) is 0. The van der Waals surface area contributed by atoms with E-state index in [-0.39, 0.29) is 12.3 Å². The first-order chi connectivity index (χ1) is 11.5. The molecule has 0 aliphatic carbocycles. The molecule has 0 radical (unpaired) electrons. The van der Waals surface area contributed by atoms with Crippen molar-refractivity contribution in [1.29, 1.82) is 0 Å². The van der Waals surface area contributed by atoms with E-state index in [2.05, 4.69) is 0 Å². The topological polar surface area (TPSA) is 78.7 Å². The SMILES string of the molecule is COc1ccc(F)cc1COC(=O)/C=C/c1ccc([N+](=O)[O-])cc1. The van der Waals surface area contributed by atoms with Crippen LogP contribution in [0.25, 0.3) is 6.08 Å². The fourth-order valence-electron chi connectivity index (χ4n) is 1.93. The number of ether oxygens (including phenoxy) is 2. The molecule has 7 heteroatoms. The van der Waals surface area contributed by atoms with Gasteiger partial charge >= 0.3 is 5.97 Å². The molecule has 2 rings (SSSR count). The summed E-state index contributed by atoms with van der Waals surface area (Å²) >= 11 is 0. The summed E-state index contributed by atoms with van der Waals surface area (Å²) in [5.41, 5.74) is 0.989. The molecule has 2 aromatic rings. The van der Waals surface area contributed by atoms with Crippen molar-refractivity contribution in [3.8, 4) is 5.75 Å². The summed E-state index contributed by atoms with van der Waals surface area (Å²) in [5.74, 6) is -0.661. The zero-order valence-corrected chi connectivity index (χ0v) is 12.8. The predicted molar refractivity (Wildman–Crippen MR) is 84.9 cm³/mol. The summed E-state index contributed by atoms with van der Waals surface area (Å²) in [6, 6.07) is 9.62. The minimum Gasteiger partial charge on any atom is -0.496 e. The van der Waals surface area contributed by atoms with E-state index in [4.69, 9.17) is 9.47 Å². The average molecular weight is 331 g/mol. The minimum atomic E-state index is -0.625. The maximum atomic E-state index is 13.2. The van der Waals surface area contributed by atoms with Crippen molar-refractivity contribution < 1.29 is 23.6 Å². The molecule has 0 aromatic heterocycles. The highest BCUT2D eigenvalue weighted by Crippen LogP contribution is 2.20. The highest BCUT2D eigenvalue weighted by Gasteiger charge is 2.07. The molecule has 0 spiro atoms. The van der Waals surface area contributed by atoms with E-state index in [1.54, 1.807) is 0 Å². The van der Waals surface area contributed by atoms with E-state index >= 15 is 0 Å². The number of halogens is 1. The second-order valence-electron chi connectivity index (χ2n) is 4.75. The van der Waals surface area contributed by atoms with Crippen LogP contribution in [0.5, 0.6) is 5.75 Å². The Morgan fingerprint density at radius 2 is 1.96 bits per heavy atom. The lowest BCUT2D eigenvalue weighted by Crippen LogP contribution is -2.02. The summed E-state index contributed by atoms with van der Waals surface area (Å²) < 4.78 is 23.3. The van der Waals surface area contributed by atoms with Gasteiger partial charge in [0.05, 0.1) is 12.0 Å². The van der Waals surface area contributed by atoms with Crippen LogP contribution in [-0.2, 0) is 16.1 Å². The van der Waals surface area contributed by atoms with Crippen molar-refractivity contribution in [2.24, 2.45) is 0 Å². The van der Waals surface area contributed by atoms with E-state index in [1.165, 1.54) is 61.7 Å². The molecule has 0 fully saturated rings. The standard InChI is InChI=1S/C17H14FNO5/c1-23-16-8-5-14(18)10-13(16)11-24-17(20)9-4-12-2-6-15(7-3-12)19(21)22/h2-10H,11H2,1H3/b9-4+. The summed E-state index contributed by atoms with van der Waals surface area (Å²) in [4.78, 5) is 21.7. The van der Waals surface area contributed by atoms with Crippen LogP contribution >= 0.6 is 0 Å². The molecule has 0 N–H and O–H groups in total. The Hall–Kier alpha value is -3.22. The number of nitrogens with zero attached hydrogens (tertiary/aromatic N) is 1. The van der Waals surface area contributed by atoms with Gasteiger partial charge in [0.1, 0.15) is 18.2 Å². The van der Waals surface area contributed by atoms with Gasteiger partial charge in [0.15, 0.2) is 0 Å². The van der Waals surface area contributed by atoms with Crippen molar-refractivity contribution in [3.05, 3.63) is 75.6 Å². The molecular formula is C17H14FNO5. The Morgan fingerprint density at radius 3 is 2.58 bits per heavy atom. The predicted octanol–water partition coefficient (Wildman–Crippen LogP) is 3.50. The second kappa shape index (κ2) is 7.87. The zero-order valence-electron chi connectivity index (χ0n) is 12.8. The third-order valence-corrected chi connectivity index (χ3v) is 3.13. The van der Waals surface area contributed by atoms with E-state index in [0.29, 0.717) is 16.9 Å². The highest BCUT2D eigenvalue weighted by atomic mass is 19.1. The number of benzene rings is 2. The zero-order chi connectivity index (χ0) is 17.5. The van der Waals surface area contributed by atoms with Gasteiger partial charge in [-0.05, 0) is 42.0 Å². The number of hydrogen-bond acceptors (Lipinski definition) is 5. The van der Waals surface area contributed by atoms with Gasteiger partial charge in [-0.2, -0.15) is 0 Å². The Bertz CT molecular complexity index is 771. The summed E-state index contributed by atoms with van der Waals surface area (Å²) in [6.07, 6.45) is 2.65. The van der Waals surface area contributed by atoms with E-state index in [9.17, 15) is 19.3 Å². The molecule has 0 amide bonds. The van der Waals surface area contributed by atoms with Gasteiger partial charge < -0.3 is 9.47 Å². The smallest absolute Gasteiger partial charge is 0.331 e. The number of carbonyl (C=O) groups excluding carboxylic acids is 1. The normalized spacial score (nSPS) is 10.6. The van der Waals surface area contributed by atoms with Crippen LogP contribution in [0.4, 0.5) is 10.1 Å². The van der Waals surface area contributed by atoms with Gasteiger partial charge in [-0.1, -0.05) is 0 Å². The number of nitro groups is 1. The molecule has 0 bridgehead atoms. The van der Waals surface area contributed by atoms with Gasteiger partial charge in [0.2, 0.25) is 0 Å². The van der Waals surface area contributed by atoms with Crippen molar-refractivity contribution in [1.82, 2.24) is 0 Å². The largest absolute Gasteiger partial charge is 0.496 e. The van der Waals surface area contributed by atoms with Crippen molar-refractivity contribution >= 4 is 17.7 Å². The maximum absolute atomic E-state index is 13.2. The summed E-state index contributed by atoms with van der Waals surface area (Å²) in [6.45, 7) is -0.135. The Balaban J connectivity index is 1.96. The summed E-state index contributed by atoms with van der Waals surface area (Å²) in [7, 11) is 1.44. The molecule has 2 aromatic carbocycles. The Labute approximate surface area is 137 Å². The third-order valence-electron chi connectivity index (χ3n) is 3.13. The van der Waals surface area contributed by atoms with Crippen LogP contribution < -0.4 is 4.74 Å². The van der Waals surface area contributed by atoms with Crippen LogP contribution in [0.2, 0.25) is 0 Å². The van der Waals surface area contributed by atoms with E-state index in [1.807, 2.05) is 0 Å². The molecule has 0 saturated heterocycles. The van der Waals surface area contributed by atoms with Crippen LogP contribution in [0, 0.1) is 15.9 Å². The first-order valence-corrected chi connectivity index (χ1v) is 6.91. The Morgan fingerprint density at radius 1 is 1.25 bits per heavy atom.